The van der Waals surface area contributed by atoms with E-state index in [1.165, 1.54) is 10.9 Å². The van der Waals surface area contributed by atoms with Gasteiger partial charge >= 0.3 is 0 Å². The van der Waals surface area contributed by atoms with Crippen molar-refractivity contribution in [2.45, 2.75) is 52.2 Å². The monoisotopic (exact) mass is 275 g/mol. The van der Waals surface area contributed by atoms with Gasteiger partial charge in [0.1, 0.15) is 5.65 Å². The highest BCUT2D eigenvalue weighted by Gasteiger charge is 2.13. The molecule has 4 heteroatoms. The molecule has 0 aliphatic carbocycles. The number of aromatic nitrogens is 2. The molecule has 0 bridgehead atoms. The molecule has 0 aromatic carbocycles. The predicted octanol–water partition coefficient (Wildman–Crippen LogP) is 2.70. The number of hydrogen-bond acceptors (Lipinski definition) is 3. The predicted molar refractivity (Wildman–Crippen MR) is 82.6 cm³/mol. The average Bonchev–Trinajstić information content (AvgIpc) is 2.75. The Labute approximate surface area is 120 Å². The largest absolute Gasteiger partial charge is 0.396 e. The second-order valence-corrected chi connectivity index (χ2v) is 6.26. The fraction of sp³-hybridized carbons (Fsp3) is 0.562. The first-order chi connectivity index (χ1) is 9.51. The van der Waals surface area contributed by atoms with E-state index in [0.717, 1.165) is 31.6 Å². The van der Waals surface area contributed by atoms with E-state index in [1.54, 1.807) is 0 Å². The van der Waals surface area contributed by atoms with Gasteiger partial charge in [0.05, 0.1) is 0 Å². The third-order valence-corrected chi connectivity index (χ3v) is 3.33. The molecular weight excluding hydrogens is 250 g/mol. The van der Waals surface area contributed by atoms with Crippen LogP contribution >= 0.6 is 0 Å². The first-order valence-corrected chi connectivity index (χ1v) is 7.30. The van der Waals surface area contributed by atoms with Gasteiger partial charge in [-0.3, -0.25) is 0 Å². The fourth-order valence-electron chi connectivity index (χ4n) is 2.26. The number of unbranched alkanes of at least 4 members (excludes halogenated alkanes) is 1. The van der Waals surface area contributed by atoms with Crippen LogP contribution in [0.15, 0.2) is 24.5 Å². The van der Waals surface area contributed by atoms with Crippen LogP contribution < -0.4 is 5.32 Å². The summed E-state index contributed by atoms with van der Waals surface area (Å²) in [5.74, 6) is 0. The van der Waals surface area contributed by atoms with Crippen LogP contribution in [0.3, 0.4) is 0 Å². The van der Waals surface area contributed by atoms with E-state index in [4.69, 9.17) is 5.11 Å². The molecule has 0 fully saturated rings. The minimum Gasteiger partial charge on any atom is -0.396 e. The van der Waals surface area contributed by atoms with Crippen LogP contribution in [0.2, 0.25) is 0 Å². The molecule has 0 unspecified atom stereocenters. The van der Waals surface area contributed by atoms with Crippen LogP contribution in [-0.4, -0.2) is 26.8 Å². The molecule has 0 radical (unpaired) electrons. The van der Waals surface area contributed by atoms with E-state index >= 15 is 0 Å². The third kappa shape index (κ3) is 3.81. The van der Waals surface area contributed by atoms with Crippen molar-refractivity contribution < 1.29 is 5.11 Å². The van der Waals surface area contributed by atoms with Gasteiger partial charge in [-0.1, -0.05) is 0 Å². The lowest BCUT2D eigenvalue weighted by molar-refractivity contribution is 0.281. The lowest BCUT2D eigenvalue weighted by Crippen LogP contribution is -2.34. The van der Waals surface area contributed by atoms with E-state index < -0.39 is 0 Å². The van der Waals surface area contributed by atoms with Crippen molar-refractivity contribution in [3.63, 3.8) is 0 Å². The molecule has 2 heterocycles. The summed E-state index contributed by atoms with van der Waals surface area (Å²) in [4.78, 5) is 4.50. The van der Waals surface area contributed by atoms with E-state index in [0.29, 0.717) is 0 Å². The molecule has 0 spiro atoms. The first kappa shape index (κ1) is 15.0. The fourth-order valence-corrected chi connectivity index (χ4v) is 2.26. The van der Waals surface area contributed by atoms with Crippen molar-refractivity contribution in [2.75, 3.05) is 6.61 Å². The van der Waals surface area contributed by atoms with Crippen molar-refractivity contribution >= 4 is 11.0 Å². The average molecular weight is 275 g/mol. The van der Waals surface area contributed by atoms with Crippen LogP contribution in [-0.2, 0) is 13.1 Å². The quantitative estimate of drug-likeness (QED) is 0.797. The van der Waals surface area contributed by atoms with Gasteiger partial charge in [-0.15, -0.1) is 0 Å². The molecule has 110 valence electrons. The number of rotatable bonds is 6. The number of hydrogen-bond donors (Lipinski definition) is 2. The molecule has 0 saturated carbocycles. The second-order valence-electron chi connectivity index (χ2n) is 6.26. The number of aliphatic hydroxyl groups is 1. The SMILES string of the molecule is CC(C)(C)NCc1cn(CCCCO)c2ncccc12. The molecule has 0 amide bonds. The maximum absolute atomic E-state index is 8.90. The topological polar surface area (TPSA) is 50.1 Å². The maximum Gasteiger partial charge on any atom is 0.140 e. The lowest BCUT2D eigenvalue weighted by Gasteiger charge is -2.20. The minimum atomic E-state index is 0.105. The Morgan fingerprint density at radius 3 is 2.80 bits per heavy atom. The van der Waals surface area contributed by atoms with Gasteiger partial charge in [0.2, 0.25) is 0 Å². The van der Waals surface area contributed by atoms with Gasteiger partial charge in [0, 0.05) is 43.0 Å². The zero-order valence-corrected chi connectivity index (χ0v) is 12.7. The van der Waals surface area contributed by atoms with Crippen molar-refractivity contribution in [3.05, 3.63) is 30.1 Å². The molecule has 2 rings (SSSR count). The van der Waals surface area contributed by atoms with E-state index in [-0.39, 0.29) is 12.1 Å². The highest BCUT2D eigenvalue weighted by atomic mass is 16.2. The van der Waals surface area contributed by atoms with Gasteiger partial charge in [-0.25, -0.2) is 4.98 Å². The Kier molecular flexibility index (Phi) is 4.78. The Bertz CT molecular complexity index is 554. The van der Waals surface area contributed by atoms with Gasteiger partial charge < -0.3 is 15.0 Å². The van der Waals surface area contributed by atoms with Gasteiger partial charge in [-0.2, -0.15) is 0 Å². The summed E-state index contributed by atoms with van der Waals surface area (Å²) >= 11 is 0. The molecule has 2 aromatic rings. The molecule has 2 N–H and O–H groups in total. The minimum absolute atomic E-state index is 0.105. The van der Waals surface area contributed by atoms with E-state index in [9.17, 15) is 0 Å². The second kappa shape index (κ2) is 6.37. The zero-order chi connectivity index (χ0) is 14.6. The van der Waals surface area contributed by atoms with Crippen molar-refractivity contribution in [3.8, 4) is 0 Å². The Morgan fingerprint density at radius 1 is 1.30 bits per heavy atom. The van der Waals surface area contributed by atoms with Crippen LogP contribution in [0, 0.1) is 0 Å². The molecule has 4 nitrogen and oxygen atoms in total. The molecule has 20 heavy (non-hydrogen) atoms. The normalized spacial score (nSPS) is 12.2. The van der Waals surface area contributed by atoms with Crippen molar-refractivity contribution in [2.24, 2.45) is 0 Å². The molecule has 0 saturated heterocycles. The number of nitrogens with one attached hydrogen (secondary N) is 1. The van der Waals surface area contributed by atoms with E-state index in [2.05, 4.69) is 47.9 Å². The molecule has 0 atom stereocenters. The highest BCUT2D eigenvalue weighted by molar-refractivity contribution is 5.80. The summed E-state index contributed by atoms with van der Waals surface area (Å²) in [6.07, 6.45) is 5.84. The summed E-state index contributed by atoms with van der Waals surface area (Å²) < 4.78 is 2.20. The number of fused-ring (bicyclic) bond motifs is 1. The maximum atomic E-state index is 8.90. The summed E-state index contributed by atoms with van der Waals surface area (Å²) in [6, 6.07) is 4.12. The van der Waals surface area contributed by atoms with Gasteiger partial charge in [0.15, 0.2) is 0 Å². The van der Waals surface area contributed by atoms with Crippen LogP contribution in [0.1, 0.15) is 39.2 Å². The van der Waals surface area contributed by atoms with Crippen LogP contribution in [0.5, 0.6) is 0 Å². The number of aliphatic hydroxyl groups excluding tert-OH is 1. The number of aryl methyl sites for hydroxylation is 1. The summed E-state index contributed by atoms with van der Waals surface area (Å²) in [7, 11) is 0. The van der Waals surface area contributed by atoms with Crippen molar-refractivity contribution in [1.82, 2.24) is 14.9 Å². The standard InChI is InChI=1S/C16H25N3O/c1-16(2,3)18-11-13-12-19(9-4-5-10-20)15-14(13)7-6-8-17-15/h6-8,12,18,20H,4-5,9-11H2,1-3H3. The lowest BCUT2D eigenvalue weighted by atomic mass is 10.1. The van der Waals surface area contributed by atoms with Gasteiger partial charge in [-0.05, 0) is 51.3 Å². The molecule has 0 aliphatic heterocycles. The summed E-state index contributed by atoms with van der Waals surface area (Å²) in [5.41, 5.74) is 2.43. The smallest absolute Gasteiger partial charge is 0.140 e. The number of nitrogens with zero attached hydrogens (tertiary/aromatic N) is 2. The summed E-state index contributed by atoms with van der Waals surface area (Å²) in [5, 5.41) is 13.6. The van der Waals surface area contributed by atoms with E-state index in [1.807, 2.05) is 12.3 Å². The van der Waals surface area contributed by atoms with Gasteiger partial charge in [0.25, 0.3) is 0 Å². The summed E-state index contributed by atoms with van der Waals surface area (Å²) in [6.45, 7) is 8.52. The molecule has 0 aliphatic rings. The molecule has 2 aromatic heterocycles. The third-order valence-electron chi connectivity index (χ3n) is 3.33. The Hall–Kier alpha value is -1.39. The van der Waals surface area contributed by atoms with Crippen LogP contribution in [0.4, 0.5) is 0 Å². The first-order valence-electron chi connectivity index (χ1n) is 7.30. The Balaban J connectivity index is 2.21. The zero-order valence-electron chi connectivity index (χ0n) is 12.7. The van der Waals surface area contributed by atoms with Crippen molar-refractivity contribution in [1.29, 1.82) is 0 Å². The number of pyridine rings is 1. The van der Waals surface area contributed by atoms with Crippen LogP contribution in [0.25, 0.3) is 11.0 Å². The highest BCUT2D eigenvalue weighted by Crippen LogP contribution is 2.20. The molecular formula is C16H25N3O. The Morgan fingerprint density at radius 2 is 2.10 bits per heavy atom.